The molecular weight excluding hydrogens is 261 g/mol. The van der Waals surface area contributed by atoms with Crippen LogP contribution in [0, 0.1) is 0 Å². The first-order chi connectivity index (χ1) is 8.46. The van der Waals surface area contributed by atoms with Crippen LogP contribution in [0.5, 0.6) is 0 Å². The Morgan fingerprint density at radius 2 is 2.22 bits per heavy atom. The zero-order chi connectivity index (χ0) is 13.2. The number of rotatable bonds is 5. The molecule has 0 aromatic carbocycles. The third-order valence-corrected chi connectivity index (χ3v) is 2.63. The molecule has 0 aliphatic rings. The van der Waals surface area contributed by atoms with E-state index in [1.54, 1.807) is 10.9 Å². The lowest BCUT2D eigenvalue weighted by atomic mass is 10.5. The number of nitrogen functional groups attached to an aromatic ring is 1. The van der Waals surface area contributed by atoms with Crippen LogP contribution in [0.2, 0.25) is 0 Å². The van der Waals surface area contributed by atoms with Gasteiger partial charge >= 0.3 is 7.60 Å². The summed E-state index contributed by atoms with van der Waals surface area (Å²) in [7, 11) is -4.12. The van der Waals surface area contributed by atoms with Gasteiger partial charge in [-0.1, -0.05) is 0 Å². The predicted molar refractivity (Wildman–Crippen MR) is 62.6 cm³/mol. The molecule has 9 nitrogen and oxygen atoms in total. The van der Waals surface area contributed by atoms with Crippen LogP contribution in [0.3, 0.4) is 0 Å². The van der Waals surface area contributed by atoms with Crippen molar-refractivity contribution in [3.8, 4) is 0 Å². The molecule has 2 aromatic rings. The highest BCUT2D eigenvalue weighted by Gasteiger charge is 2.12. The van der Waals surface area contributed by atoms with E-state index in [-0.39, 0.29) is 12.6 Å². The van der Waals surface area contributed by atoms with Gasteiger partial charge in [-0.3, -0.25) is 4.57 Å². The standard InChI is InChI=1S/C8H12N5O4P/c9-8-10-3-6-7(12-8)13(4-11-6)1-2-17-5-18(14,15)16/h3-4H,1-2,5H2,(H2,9,10,12)(H2,14,15,16). The Morgan fingerprint density at radius 1 is 1.44 bits per heavy atom. The van der Waals surface area contributed by atoms with E-state index in [0.29, 0.717) is 17.7 Å². The summed E-state index contributed by atoms with van der Waals surface area (Å²) in [5.74, 6) is 0.139. The van der Waals surface area contributed by atoms with E-state index in [1.165, 1.54) is 6.20 Å². The summed E-state index contributed by atoms with van der Waals surface area (Å²) in [5.41, 5.74) is 6.62. The summed E-state index contributed by atoms with van der Waals surface area (Å²) in [6.07, 6.45) is 2.45. The van der Waals surface area contributed by atoms with Crippen LogP contribution in [0.15, 0.2) is 12.5 Å². The molecule has 0 spiro atoms. The number of aromatic nitrogens is 4. The van der Waals surface area contributed by atoms with Gasteiger partial charge in [0.2, 0.25) is 5.95 Å². The molecule has 10 heteroatoms. The maximum absolute atomic E-state index is 10.6. The highest BCUT2D eigenvalue weighted by molar-refractivity contribution is 7.51. The molecule has 2 rings (SSSR count). The van der Waals surface area contributed by atoms with Crippen molar-refractivity contribution in [3.05, 3.63) is 12.5 Å². The summed E-state index contributed by atoms with van der Waals surface area (Å²) in [6, 6.07) is 0. The molecule has 0 saturated heterocycles. The van der Waals surface area contributed by atoms with Gasteiger partial charge < -0.3 is 24.8 Å². The minimum atomic E-state index is -4.12. The maximum atomic E-state index is 10.6. The van der Waals surface area contributed by atoms with Crippen molar-refractivity contribution in [2.45, 2.75) is 6.54 Å². The number of anilines is 1. The summed E-state index contributed by atoms with van der Waals surface area (Å²) >= 11 is 0. The monoisotopic (exact) mass is 273 g/mol. The molecule has 2 heterocycles. The number of hydrogen-bond acceptors (Lipinski definition) is 6. The first-order valence-corrected chi connectivity index (χ1v) is 6.81. The van der Waals surface area contributed by atoms with Crippen LogP contribution >= 0.6 is 7.60 Å². The molecule has 0 amide bonds. The van der Waals surface area contributed by atoms with Gasteiger partial charge in [-0.05, 0) is 0 Å². The summed E-state index contributed by atoms with van der Waals surface area (Å²) in [6.45, 7) is 0.507. The van der Waals surface area contributed by atoms with Crippen molar-refractivity contribution in [2.24, 2.45) is 0 Å². The molecule has 0 unspecified atom stereocenters. The average Bonchev–Trinajstić information content (AvgIpc) is 2.66. The Kier molecular flexibility index (Phi) is 3.58. The van der Waals surface area contributed by atoms with Crippen molar-refractivity contribution >= 4 is 24.7 Å². The van der Waals surface area contributed by atoms with E-state index in [9.17, 15) is 4.57 Å². The fourth-order valence-corrected chi connectivity index (χ4v) is 1.75. The predicted octanol–water partition coefficient (Wildman–Crippen LogP) is -0.440. The molecule has 0 aliphatic carbocycles. The Balaban J connectivity index is 2.00. The Labute approximate surface area is 102 Å². The van der Waals surface area contributed by atoms with Crippen molar-refractivity contribution in [1.82, 2.24) is 19.5 Å². The third kappa shape index (κ3) is 3.23. The zero-order valence-corrected chi connectivity index (χ0v) is 10.2. The maximum Gasteiger partial charge on any atom is 0.350 e. The first kappa shape index (κ1) is 12.9. The summed E-state index contributed by atoms with van der Waals surface area (Å²) in [5, 5.41) is 0. The van der Waals surface area contributed by atoms with Crippen LogP contribution in [0.4, 0.5) is 5.95 Å². The molecule has 18 heavy (non-hydrogen) atoms. The van der Waals surface area contributed by atoms with Gasteiger partial charge in [0.15, 0.2) is 5.65 Å². The van der Waals surface area contributed by atoms with Crippen LogP contribution in [-0.4, -0.2) is 42.3 Å². The van der Waals surface area contributed by atoms with Gasteiger partial charge in [0.05, 0.1) is 19.1 Å². The summed E-state index contributed by atoms with van der Waals surface area (Å²) in [4.78, 5) is 29.1. The minimum Gasteiger partial charge on any atom is -0.368 e. The van der Waals surface area contributed by atoms with Crippen molar-refractivity contribution in [2.75, 3.05) is 18.7 Å². The van der Waals surface area contributed by atoms with Crippen LogP contribution in [-0.2, 0) is 15.8 Å². The second kappa shape index (κ2) is 4.99. The molecule has 0 aliphatic heterocycles. The smallest absolute Gasteiger partial charge is 0.350 e. The molecule has 0 bridgehead atoms. The second-order valence-corrected chi connectivity index (χ2v) is 5.16. The molecule has 0 radical (unpaired) electrons. The number of imidazole rings is 1. The van der Waals surface area contributed by atoms with Gasteiger partial charge in [-0.2, -0.15) is 4.98 Å². The lowest BCUT2D eigenvalue weighted by Crippen LogP contribution is -2.07. The van der Waals surface area contributed by atoms with E-state index in [4.69, 9.17) is 20.3 Å². The molecule has 0 atom stereocenters. The number of nitrogens with two attached hydrogens (primary N) is 1. The number of fused-ring (bicyclic) bond motifs is 1. The second-order valence-electron chi connectivity index (χ2n) is 3.58. The van der Waals surface area contributed by atoms with Crippen molar-refractivity contribution < 1.29 is 19.1 Å². The van der Waals surface area contributed by atoms with Crippen LogP contribution < -0.4 is 5.73 Å². The van der Waals surface area contributed by atoms with Gasteiger partial charge in [-0.25, -0.2) is 9.97 Å². The van der Waals surface area contributed by atoms with Crippen LogP contribution in [0.25, 0.3) is 11.2 Å². The topological polar surface area (TPSA) is 136 Å². The van der Waals surface area contributed by atoms with E-state index < -0.39 is 13.9 Å². The van der Waals surface area contributed by atoms with E-state index in [1.807, 2.05) is 0 Å². The fraction of sp³-hybridized carbons (Fsp3) is 0.375. The fourth-order valence-electron chi connectivity index (χ4n) is 1.38. The van der Waals surface area contributed by atoms with Crippen LogP contribution in [0.1, 0.15) is 0 Å². The van der Waals surface area contributed by atoms with E-state index in [2.05, 4.69) is 15.0 Å². The third-order valence-electron chi connectivity index (χ3n) is 2.11. The molecular formula is C8H12N5O4P. The highest BCUT2D eigenvalue weighted by atomic mass is 31.2. The SMILES string of the molecule is Nc1ncc2ncn(CCOCP(=O)(O)O)c2n1. The minimum absolute atomic E-state index is 0.139. The number of ether oxygens (including phenoxy) is 1. The Hall–Kier alpha value is -1.54. The zero-order valence-electron chi connectivity index (χ0n) is 9.30. The van der Waals surface area contributed by atoms with E-state index in [0.717, 1.165) is 0 Å². The summed E-state index contributed by atoms with van der Waals surface area (Å²) < 4.78 is 17.1. The first-order valence-electron chi connectivity index (χ1n) is 5.01. The van der Waals surface area contributed by atoms with Gasteiger partial charge in [0.25, 0.3) is 0 Å². The van der Waals surface area contributed by atoms with Crippen molar-refractivity contribution in [3.63, 3.8) is 0 Å². The Morgan fingerprint density at radius 3 is 2.94 bits per heavy atom. The molecule has 0 fully saturated rings. The average molecular weight is 273 g/mol. The number of nitrogens with zero attached hydrogens (tertiary/aromatic N) is 4. The van der Waals surface area contributed by atoms with Gasteiger partial charge in [0.1, 0.15) is 11.9 Å². The lowest BCUT2D eigenvalue weighted by Gasteiger charge is -2.06. The number of hydrogen-bond donors (Lipinski definition) is 3. The van der Waals surface area contributed by atoms with Gasteiger partial charge in [0, 0.05) is 6.54 Å². The van der Waals surface area contributed by atoms with Crippen molar-refractivity contribution in [1.29, 1.82) is 0 Å². The highest BCUT2D eigenvalue weighted by Crippen LogP contribution is 2.33. The largest absolute Gasteiger partial charge is 0.368 e. The normalized spacial score (nSPS) is 12.1. The van der Waals surface area contributed by atoms with E-state index >= 15 is 0 Å². The van der Waals surface area contributed by atoms with Gasteiger partial charge in [-0.15, -0.1) is 0 Å². The molecule has 98 valence electrons. The Bertz CT molecular complexity index is 594. The lowest BCUT2D eigenvalue weighted by molar-refractivity contribution is 0.149. The quantitative estimate of drug-likeness (QED) is 0.492. The molecule has 2 aromatic heterocycles. The molecule has 4 N–H and O–H groups in total. The molecule has 0 saturated carbocycles.